The highest BCUT2D eigenvalue weighted by Crippen LogP contribution is 2.18. The molecule has 0 saturated heterocycles. The van der Waals surface area contributed by atoms with Gasteiger partial charge in [0, 0.05) is 5.57 Å². The van der Waals surface area contributed by atoms with E-state index in [0.29, 0.717) is 11.1 Å². The summed E-state index contributed by atoms with van der Waals surface area (Å²) in [5.74, 6) is -0.627. The van der Waals surface area contributed by atoms with Crippen LogP contribution in [0.2, 0.25) is 0 Å². The first-order valence-corrected chi connectivity index (χ1v) is 4.38. The normalized spacial score (nSPS) is 15.6. The van der Waals surface area contributed by atoms with Crippen molar-refractivity contribution in [3.8, 4) is 0 Å². The number of ether oxygens (including phenoxy) is 2. The van der Waals surface area contributed by atoms with Crippen molar-refractivity contribution >= 4 is 11.8 Å². The quantitative estimate of drug-likeness (QED) is 0.653. The predicted molar refractivity (Wildman–Crippen MR) is 54.0 cm³/mol. The van der Waals surface area contributed by atoms with Gasteiger partial charge in [0.25, 0.3) is 0 Å². The first-order chi connectivity index (χ1) is 7.04. The van der Waals surface area contributed by atoms with Crippen LogP contribution in [0.1, 0.15) is 6.92 Å². The number of Topliss-reactive ketones (excluding diaryl/α,β-unsaturated/α-hetero) is 1. The van der Waals surface area contributed by atoms with E-state index in [0.717, 1.165) is 0 Å². The number of hydrogen-bond donors (Lipinski definition) is 0. The van der Waals surface area contributed by atoms with E-state index in [9.17, 15) is 9.59 Å². The molecule has 0 fully saturated rings. The van der Waals surface area contributed by atoms with Crippen LogP contribution in [0.4, 0.5) is 0 Å². The molecule has 0 radical (unpaired) electrons. The standard InChI is InChI=1S/C11H12O4/c1-7-4-8(2)11(13)9(5-7)15-6-10(12)14-3/h4-5H,1,6H2,2-3H3. The number of ketones is 1. The lowest BCUT2D eigenvalue weighted by molar-refractivity contribution is -0.144. The second-order valence-corrected chi connectivity index (χ2v) is 3.10. The summed E-state index contributed by atoms with van der Waals surface area (Å²) >= 11 is 0. The zero-order valence-electron chi connectivity index (χ0n) is 8.70. The van der Waals surface area contributed by atoms with Crippen LogP contribution < -0.4 is 0 Å². The fourth-order valence-electron chi connectivity index (χ4n) is 1.12. The molecule has 0 atom stereocenters. The van der Waals surface area contributed by atoms with Crippen molar-refractivity contribution in [3.63, 3.8) is 0 Å². The molecule has 1 rings (SSSR count). The summed E-state index contributed by atoms with van der Waals surface area (Å²) in [6.07, 6.45) is 3.16. The van der Waals surface area contributed by atoms with E-state index in [4.69, 9.17) is 4.74 Å². The molecule has 4 heteroatoms. The topological polar surface area (TPSA) is 52.6 Å². The van der Waals surface area contributed by atoms with Crippen molar-refractivity contribution in [2.45, 2.75) is 6.92 Å². The maximum absolute atomic E-state index is 11.5. The minimum atomic E-state index is -0.526. The van der Waals surface area contributed by atoms with E-state index < -0.39 is 5.97 Å². The molecule has 0 aromatic heterocycles. The SMILES string of the molecule is C=C1C=C(C)C(=O)C(OCC(=O)OC)=C1. The Bertz CT molecular complexity index is 374. The molecule has 0 saturated carbocycles. The van der Waals surface area contributed by atoms with Gasteiger partial charge in [-0.05, 0) is 24.6 Å². The van der Waals surface area contributed by atoms with Gasteiger partial charge in [-0.2, -0.15) is 0 Å². The number of carbonyl (C=O) groups excluding carboxylic acids is 2. The van der Waals surface area contributed by atoms with Crippen molar-refractivity contribution < 1.29 is 19.1 Å². The second kappa shape index (κ2) is 4.59. The van der Waals surface area contributed by atoms with Crippen LogP contribution >= 0.6 is 0 Å². The number of hydrogen-bond acceptors (Lipinski definition) is 4. The third kappa shape index (κ3) is 2.80. The predicted octanol–water partition coefficient (Wildman–Crippen LogP) is 1.15. The Morgan fingerprint density at radius 2 is 2.13 bits per heavy atom. The number of carbonyl (C=O) groups is 2. The second-order valence-electron chi connectivity index (χ2n) is 3.10. The van der Waals surface area contributed by atoms with Crippen molar-refractivity contribution in [2.24, 2.45) is 0 Å². The monoisotopic (exact) mass is 208 g/mol. The molecule has 80 valence electrons. The van der Waals surface area contributed by atoms with Gasteiger partial charge in [-0.3, -0.25) is 4.79 Å². The minimum Gasteiger partial charge on any atom is -0.478 e. The van der Waals surface area contributed by atoms with E-state index in [2.05, 4.69) is 11.3 Å². The smallest absolute Gasteiger partial charge is 0.343 e. The molecule has 0 N–H and O–H groups in total. The molecule has 0 aliphatic heterocycles. The van der Waals surface area contributed by atoms with Crippen molar-refractivity contribution in [1.82, 2.24) is 0 Å². The van der Waals surface area contributed by atoms with Crippen LogP contribution in [0.15, 0.2) is 35.6 Å². The molecule has 1 aliphatic carbocycles. The minimum absolute atomic E-state index is 0.130. The van der Waals surface area contributed by atoms with Gasteiger partial charge in [-0.1, -0.05) is 6.58 Å². The Morgan fingerprint density at radius 1 is 1.47 bits per heavy atom. The maximum Gasteiger partial charge on any atom is 0.343 e. The van der Waals surface area contributed by atoms with Crippen LogP contribution in [-0.2, 0) is 19.1 Å². The molecule has 0 aromatic carbocycles. The molecule has 1 aliphatic rings. The van der Waals surface area contributed by atoms with Gasteiger partial charge in [0.15, 0.2) is 12.4 Å². The Morgan fingerprint density at radius 3 is 2.73 bits per heavy atom. The number of methoxy groups -OCH3 is 1. The fraction of sp³-hybridized carbons (Fsp3) is 0.273. The largest absolute Gasteiger partial charge is 0.478 e. The van der Waals surface area contributed by atoms with E-state index in [1.54, 1.807) is 13.0 Å². The highest BCUT2D eigenvalue weighted by molar-refractivity contribution is 6.08. The van der Waals surface area contributed by atoms with Gasteiger partial charge < -0.3 is 9.47 Å². The molecule has 0 bridgehead atoms. The first-order valence-electron chi connectivity index (χ1n) is 4.38. The van der Waals surface area contributed by atoms with E-state index in [1.807, 2.05) is 0 Å². The molecule has 15 heavy (non-hydrogen) atoms. The lowest BCUT2D eigenvalue weighted by Crippen LogP contribution is -2.16. The summed E-state index contributed by atoms with van der Waals surface area (Å²) in [7, 11) is 1.26. The molecular weight excluding hydrogens is 196 g/mol. The van der Waals surface area contributed by atoms with Gasteiger partial charge in [-0.25, -0.2) is 4.79 Å². The van der Waals surface area contributed by atoms with E-state index >= 15 is 0 Å². The molecule has 0 unspecified atom stereocenters. The van der Waals surface area contributed by atoms with Crippen molar-refractivity contribution in [1.29, 1.82) is 0 Å². The molecule has 0 heterocycles. The lowest BCUT2D eigenvalue weighted by Gasteiger charge is -2.12. The summed E-state index contributed by atoms with van der Waals surface area (Å²) in [4.78, 5) is 22.3. The molecule has 4 nitrogen and oxygen atoms in total. The Labute approximate surface area is 87.9 Å². The fourth-order valence-corrected chi connectivity index (χ4v) is 1.12. The lowest BCUT2D eigenvalue weighted by atomic mass is 10.0. The van der Waals surface area contributed by atoms with Crippen LogP contribution in [0, 0.1) is 0 Å². The molecular formula is C11H12O4. The number of allylic oxidation sites excluding steroid dienone is 4. The molecule has 0 amide bonds. The highest BCUT2D eigenvalue weighted by Gasteiger charge is 2.18. The first kappa shape index (κ1) is 11.2. The summed E-state index contributed by atoms with van der Waals surface area (Å²) in [5, 5.41) is 0. The van der Waals surface area contributed by atoms with Gasteiger partial charge in [0.2, 0.25) is 5.78 Å². The van der Waals surface area contributed by atoms with Gasteiger partial charge in [0.1, 0.15) is 0 Å². The van der Waals surface area contributed by atoms with E-state index in [1.165, 1.54) is 13.2 Å². The van der Waals surface area contributed by atoms with Gasteiger partial charge in [-0.15, -0.1) is 0 Å². The Balaban J connectivity index is 2.66. The van der Waals surface area contributed by atoms with Crippen LogP contribution in [0.25, 0.3) is 0 Å². The average molecular weight is 208 g/mol. The van der Waals surface area contributed by atoms with Gasteiger partial charge in [0.05, 0.1) is 7.11 Å². The Kier molecular flexibility index (Phi) is 3.44. The third-order valence-corrected chi connectivity index (χ3v) is 1.87. The zero-order chi connectivity index (χ0) is 11.4. The van der Waals surface area contributed by atoms with Crippen LogP contribution in [0.5, 0.6) is 0 Å². The summed E-state index contributed by atoms with van der Waals surface area (Å²) in [5.41, 5.74) is 1.22. The number of esters is 1. The van der Waals surface area contributed by atoms with Crippen LogP contribution in [0.3, 0.4) is 0 Å². The summed E-state index contributed by atoms with van der Waals surface area (Å²) in [6, 6.07) is 0. The number of rotatable bonds is 3. The average Bonchev–Trinajstić information content (AvgIpc) is 2.20. The molecule has 0 spiro atoms. The maximum atomic E-state index is 11.5. The summed E-state index contributed by atoms with van der Waals surface area (Å²) in [6.45, 7) is 5.09. The van der Waals surface area contributed by atoms with Crippen molar-refractivity contribution in [2.75, 3.05) is 13.7 Å². The van der Waals surface area contributed by atoms with Crippen molar-refractivity contribution in [3.05, 3.63) is 35.6 Å². The zero-order valence-corrected chi connectivity index (χ0v) is 8.70. The Hall–Kier alpha value is -1.84. The third-order valence-electron chi connectivity index (χ3n) is 1.87. The van der Waals surface area contributed by atoms with E-state index in [-0.39, 0.29) is 18.1 Å². The van der Waals surface area contributed by atoms with Crippen LogP contribution in [-0.4, -0.2) is 25.5 Å². The highest BCUT2D eigenvalue weighted by atomic mass is 16.6. The van der Waals surface area contributed by atoms with Gasteiger partial charge >= 0.3 is 5.97 Å². The molecule has 0 aromatic rings. The summed E-state index contributed by atoms with van der Waals surface area (Å²) < 4.78 is 9.41.